The highest BCUT2D eigenvalue weighted by molar-refractivity contribution is 4.82. The van der Waals surface area contributed by atoms with Gasteiger partial charge in [0.1, 0.15) is 6.23 Å². The van der Waals surface area contributed by atoms with E-state index in [0.717, 1.165) is 39.0 Å². The van der Waals surface area contributed by atoms with E-state index in [-0.39, 0.29) is 11.8 Å². The summed E-state index contributed by atoms with van der Waals surface area (Å²) in [5.74, 6) is 0. The molecule has 1 saturated heterocycles. The van der Waals surface area contributed by atoms with Crippen molar-refractivity contribution in [1.82, 2.24) is 9.80 Å². The Morgan fingerprint density at radius 2 is 1.45 bits per heavy atom. The smallest absolute Gasteiger partial charge is 0.107 e. The van der Waals surface area contributed by atoms with Crippen LogP contribution in [0.1, 0.15) is 67.2 Å². The van der Waals surface area contributed by atoms with Crippen LogP contribution in [0.2, 0.25) is 0 Å². The van der Waals surface area contributed by atoms with Crippen LogP contribution in [-0.2, 0) is 0 Å². The zero-order valence-electron chi connectivity index (χ0n) is 14.6. The van der Waals surface area contributed by atoms with E-state index in [0.29, 0.717) is 5.41 Å². The lowest BCUT2D eigenvalue weighted by molar-refractivity contribution is -0.0458. The van der Waals surface area contributed by atoms with Gasteiger partial charge in [-0.25, -0.2) is 0 Å². The van der Waals surface area contributed by atoms with Crippen LogP contribution >= 0.6 is 0 Å². The molecule has 0 aromatic heterocycles. The van der Waals surface area contributed by atoms with Gasteiger partial charge < -0.3 is 5.11 Å². The summed E-state index contributed by atoms with van der Waals surface area (Å²) in [7, 11) is 0. The number of hydrogen-bond acceptors (Lipinski definition) is 3. The highest BCUT2D eigenvalue weighted by Gasteiger charge is 2.28. The molecule has 1 atom stereocenters. The number of aliphatic hydroxyl groups excluding tert-OH is 1. The van der Waals surface area contributed by atoms with Crippen molar-refractivity contribution in [3.05, 3.63) is 0 Å². The Labute approximate surface area is 126 Å². The molecular weight excluding hydrogens is 248 g/mol. The van der Waals surface area contributed by atoms with E-state index in [1.54, 1.807) is 0 Å². The first kappa shape index (κ1) is 17.9. The van der Waals surface area contributed by atoms with Gasteiger partial charge in [0.2, 0.25) is 0 Å². The van der Waals surface area contributed by atoms with E-state index in [2.05, 4.69) is 51.3 Å². The SMILES string of the molecule is CC(C)(C)CCCCC(O)N1CCN(C(C)(C)C)CC1. The third-order valence-corrected chi connectivity index (χ3v) is 4.32. The predicted octanol–water partition coefficient (Wildman–Crippen LogP) is 3.33. The Bertz CT molecular complexity index is 270. The van der Waals surface area contributed by atoms with Crippen LogP contribution < -0.4 is 0 Å². The summed E-state index contributed by atoms with van der Waals surface area (Å²) in [4.78, 5) is 4.76. The molecule has 0 aliphatic carbocycles. The van der Waals surface area contributed by atoms with Crippen molar-refractivity contribution in [1.29, 1.82) is 0 Å². The summed E-state index contributed by atoms with van der Waals surface area (Å²) in [5, 5.41) is 10.3. The molecule has 3 nitrogen and oxygen atoms in total. The first-order valence-corrected chi connectivity index (χ1v) is 8.27. The molecule has 0 aromatic carbocycles. The van der Waals surface area contributed by atoms with E-state index in [4.69, 9.17) is 0 Å². The second-order valence-electron chi connectivity index (χ2n) is 8.48. The van der Waals surface area contributed by atoms with Gasteiger partial charge >= 0.3 is 0 Å². The molecule has 0 amide bonds. The van der Waals surface area contributed by atoms with Crippen molar-refractivity contribution in [3.63, 3.8) is 0 Å². The van der Waals surface area contributed by atoms with Gasteiger partial charge in [0.25, 0.3) is 0 Å². The topological polar surface area (TPSA) is 26.7 Å². The zero-order valence-corrected chi connectivity index (χ0v) is 14.6. The van der Waals surface area contributed by atoms with Crippen LogP contribution in [0.3, 0.4) is 0 Å². The molecule has 120 valence electrons. The fourth-order valence-electron chi connectivity index (χ4n) is 2.86. The van der Waals surface area contributed by atoms with Crippen molar-refractivity contribution in [2.45, 2.75) is 79.0 Å². The fourth-order valence-corrected chi connectivity index (χ4v) is 2.86. The second kappa shape index (κ2) is 7.24. The fraction of sp³-hybridized carbons (Fsp3) is 1.00. The monoisotopic (exact) mass is 284 g/mol. The second-order valence-corrected chi connectivity index (χ2v) is 8.48. The van der Waals surface area contributed by atoms with Crippen LogP contribution in [-0.4, -0.2) is 52.9 Å². The molecule has 1 aliphatic rings. The van der Waals surface area contributed by atoms with Crippen LogP contribution in [0.4, 0.5) is 0 Å². The minimum Gasteiger partial charge on any atom is -0.378 e. The van der Waals surface area contributed by atoms with Crippen LogP contribution in [0, 0.1) is 5.41 Å². The van der Waals surface area contributed by atoms with E-state index < -0.39 is 0 Å². The minimum absolute atomic E-state index is 0.239. The summed E-state index contributed by atoms with van der Waals surface area (Å²) in [6.07, 6.45) is 4.29. The normalized spacial score (nSPS) is 21.1. The highest BCUT2D eigenvalue weighted by atomic mass is 16.3. The molecule has 0 aromatic rings. The van der Waals surface area contributed by atoms with Gasteiger partial charge in [0, 0.05) is 31.7 Å². The van der Waals surface area contributed by atoms with Gasteiger partial charge in [0.15, 0.2) is 0 Å². The standard InChI is InChI=1S/C17H36N2O/c1-16(2,3)10-8-7-9-15(20)18-11-13-19(14-12-18)17(4,5)6/h15,20H,7-14H2,1-6H3. The van der Waals surface area contributed by atoms with Gasteiger partial charge in [-0.2, -0.15) is 0 Å². The van der Waals surface area contributed by atoms with Crippen molar-refractivity contribution >= 4 is 0 Å². The third kappa shape index (κ3) is 6.55. The predicted molar refractivity (Wildman–Crippen MR) is 86.8 cm³/mol. The Kier molecular flexibility index (Phi) is 6.49. The van der Waals surface area contributed by atoms with Gasteiger partial charge in [-0.15, -0.1) is 0 Å². The Morgan fingerprint density at radius 1 is 0.900 bits per heavy atom. The van der Waals surface area contributed by atoms with Crippen molar-refractivity contribution in [2.75, 3.05) is 26.2 Å². The summed E-state index contributed by atoms with van der Waals surface area (Å²) >= 11 is 0. The van der Waals surface area contributed by atoms with Gasteiger partial charge in [-0.3, -0.25) is 9.80 Å². The molecule has 1 aliphatic heterocycles. The Morgan fingerprint density at radius 3 is 1.90 bits per heavy atom. The number of nitrogens with zero attached hydrogens (tertiary/aromatic N) is 2. The van der Waals surface area contributed by atoms with E-state index in [1.807, 2.05) is 0 Å². The molecular formula is C17H36N2O. The maximum atomic E-state index is 10.3. The first-order valence-electron chi connectivity index (χ1n) is 8.27. The number of aliphatic hydroxyl groups is 1. The van der Waals surface area contributed by atoms with Crippen LogP contribution in [0.5, 0.6) is 0 Å². The molecule has 1 N–H and O–H groups in total. The average Bonchev–Trinajstić information content (AvgIpc) is 2.32. The molecule has 0 spiro atoms. The lowest BCUT2D eigenvalue weighted by Gasteiger charge is -2.43. The summed E-state index contributed by atoms with van der Waals surface area (Å²) in [6.45, 7) is 17.8. The van der Waals surface area contributed by atoms with Gasteiger partial charge in [-0.1, -0.05) is 27.2 Å². The van der Waals surface area contributed by atoms with E-state index >= 15 is 0 Å². The van der Waals surface area contributed by atoms with Gasteiger partial charge in [-0.05, 0) is 45.4 Å². The van der Waals surface area contributed by atoms with E-state index in [1.165, 1.54) is 12.8 Å². The van der Waals surface area contributed by atoms with Crippen molar-refractivity contribution < 1.29 is 5.11 Å². The van der Waals surface area contributed by atoms with Crippen molar-refractivity contribution in [2.24, 2.45) is 5.41 Å². The number of rotatable bonds is 5. The van der Waals surface area contributed by atoms with E-state index in [9.17, 15) is 5.11 Å². The molecule has 1 fully saturated rings. The number of piperazine rings is 1. The summed E-state index contributed by atoms with van der Waals surface area (Å²) in [6, 6.07) is 0. The summed E-state index contributed by atoms with van der Waals surface area (Å²) < 4.78 is 0. The lowest BCUT2D eigenvalue weighted by Crippen LogP contribution is -2.55. The quantitative estimate of drug-likeness (QED) is 0.785. The molecule has 0 bridgehead atoms. The number of unbranched alkanes of at least 4 members (excludes halogenated alkanes) is 1. The number of hydrogen-bond donors (Lipinski definition) is 1. The van der Waals surface area contributed by atoms with Gasteiger partial charge in [0.05, 0.1) is 0 Å². The van der Waals surface area contributed by atoms with Crippen molar-refractivity contribution in [3.8, 4) is 0 Å². The maximum absolute atomic E-state index is 10.3. The maximum Gasteiger partial charge on any atom is 0.107 e. The molecule has 3 heteroatoms. The molecule has 1 unspecified atom stereocenters. The zero-order chi connectivity index (χ0) is 15.4. The Balaban J connectivity index is 2.21. The molecule has 0 saturated carbocycles. The summed E-state index contributed by atoms with van der Waals surface area (Å²) in [5.41, 5.74) is 0.674. The molecule has 1 heterocycles. The average molecular weight is 284 g/mol. The minimum atomic E-state index is -0.239. The first-order chi connectivity index (χ1) is 9.09. The third-order valence-electron chi connectivity index (χ3n) is 4.32. The molecule has 20 heavy (non-hydrogen) atoms. The lowest BCUT2D eigenvalue weighted by atomic mass is 9.89. The Hall–Kier alpha value is -0.120. The van der Waals surface area contributed by atoms with Crippen LogP contribution in [0.25, 0.3) is 0 Å². The van der Waals surface area contributed by atoms with Crippen LogP contribution in [0.15, 0.2) is 0 Å². The highest BCUT2D eigenvalue weighted by Crippen LogP contribution is 2.23. The molecule has 1 rings (SSSR count). The molecule has 0 radical (unpaired) electrons. The largest absolute Gasteiger partial charge is 0.378 e.